The molecule has 3 rings (SSSR count). The first-order valence-corrected chi connectivity index (χ1v) is 9.95. The molecule has 3 N–H and O–H groups in total. The van der Waals surface area contributed by atoms with E-state index < -0.39 is 20.4 Å². The van der Waals surface area contributed by atoms with Crippen molar-refractivity contribution < 1.29 is 17.4 Å². The van der Waals surface area contributed by atoms with Gasteiger partial charge in [-0.25, -0.2) is 8.93 Å². The average molecular weight is 414 g/mol. The Labute approximate surface area is 157 Å². The zero-order chi connectivity index (χ0) is 19.7. The lowest BCUT2D eigenvalue weighted by Gasteiger charge is -2.14. The number of nitrogens with zero attached hydrogens (tertiary/aromatic N) is 3. The van der Waals surface area contributed by atoms with Gasteiger partial charge in [-0.1, -0.05) is 0 Å². The van der Waals surface area contributed by atoms with Gasteiger partial charge in [0.1, 0.15) is 8.68 Å². The Morgan fingerprint density at radius 2 is 1.85 bits per heavy atom. The number of hydrogen-bond acceptors (Lipinski definition) is 6. The lowest BCUT2D eigenvalue weighted by Crippen LogP contribution is -2.17. The summed E-state index contributed by atoms with van der Waals surface area (Å²) in [6, 6.07) is 9.26. The van der Waals surface area contributed by atoms with E-state index in [9.17, 15) is 17.4 Å². The van der Waals surface area contributed by atoms with Crippen molar-refractivity contribution in [2.75, 3.05) is 12.4 Å². The smallest absolute Gasteiger partial charge is 0.355 e. The molecule has 7 nitrogen and oxygen atoms in total. The van der Waals surface area contributed by atoms with Gasteiger partial charge in [-0.15, -0.1) is 10.2 Å². The van der Waals surface area contributed by atoms with Crippen LogP contribution in [0.15, 0.2) is 47.4 Å². The second kappa shape index (κ2) is 7.21. The van der Waals surface area contributed by atoms with Crippen LogP contribution >= 0.6 is 0 Å². The fourth-order valence-electron chi connectivity index (χ4n) is 2.28. The van der Waals surface area contributed by atoms with Crippen LogP contribution in [0.25, 0.3) is 11.4 Å². The van der Waals surface area contributed by atoms with Crippen LogP contribution in [-0.2, 0) is 26.0 Å². The molecule has 0 bridgehead atoms. The predicted octanol–water partition coefficient (Wildman–Crippen LogP) is 2.87. The standard InChI is InChI=1S/C15H13F3N6OS2/c1-19-27(25,26)11-6-7-13(12(8-11)14-21-23-24-22-14)20-10-4-2-9(3-5-10)15(16,17)18/h2-8,19-20H,1H3,(H,21,22,23,24). The summed E-state index contributed by atoms with van der Waals surface area (Å²) in [7, 11) is -1.40. The van der Waals surface area contributed by atoms with Crippen LogP contribution in [0.5, 0.6) is 0 Å². The molecule has 3 aromatic rings. The summed E-state index contributed by atoms with van der Waals surface area (Å²) in [6.07, 6.45) is -4.41. The van der Waals surface area contributed by atoms with E-state index in [1.165, 1.54) is 19.2 Å². The second-order valence-corrected chi connectivity index (χ2v) is 8.65. The number of anilines is 2. The number of aromatic nitrogens is 4. The summed E-state index contributed by atoms with van der Waals surface area (Å²) in [5.41, 5.74) is 0.602. The van der Waals surface area contributed by atoms with Crippen LogP contribution in [0.2, 0.25) is 0 Å². The van der Waals surface area contributed by atoms with E-state index in [4.69, 9.17) is 11.2 Å². The number of H-pyrrole nitrogens is 1. The SMILES string of the molecule is CNS(=O)(=S)c1ccc(Nc2ccc(C(F)(F)F)cc2)c(-c2nn[nH]n2)c1. The fraction of sp³-hybridized carbons (Fsp3) is 0.133. The lowest BCUT2D eigenvalue weighted by molar-refractivity contribution is -0.137. The van der Waals surface area contributed by atoms with Crippen LogP contribution in [0, 0.1) is 0 Å². The summed E-state index contributed by atoms with van der Waals surface area (Å²) in [5, 5.41) is 16.6. The van der Waals surface area contributed by atoms with Gasteiger partial charge in [0.25, 0.3) is 0 Å². The summed E-state index contributed by atoms with van der Waals surface area (Å²) in [4.78, 5) is 0.345. The first-order chi connectivity index (χ1) is 12.7. The molecule has 1 unspecified atom stereocenters. The minimum atomic E-state index is -4.41. The normalized spacial score (nSPS) is 13.9. The number of hydrogen-bond donors (Lipinski definition) is 3. The molecular formula is C15H13F3N6OS2. The second-order valence-electron chi connectivity index (χ2n) is 5.35. The number of tetrazole rings is 1. The number of halogens is 3. The number of rotatable bonds is 5. The van der Waals surface area contributed by atoms with Gasteiger partial charge in [0.15, 0.2) is 0 Å². The van der Waals surface area contributed by atoms with Gasteiger partial charge in [0.05, 0.1) is 10.5 Å². The highest BCUT2D eigenvalue weighted by atomic mass is 32.8. The zero-order valence-corrected chi connectivity index (χ0v) is 15.4. The van der Waals surface area contributed by atoms with E-state index >= 15 is 0 Å². The predicted molar refractivity (Wildman–Crippen MR) is 97.2 cm³/mol. The van der Waals surface area contributed by atoms with Crippen molar-refractivity contribution in [1.82, 2.24) is 25.3 Å². The Bertz CT molecular complexity index is 1030. The molecule has 1 heterocycles. The fourth-order valence-corrected chi connectivity index (χ4v) is 3.34. The Kier molecular flexibility index (Phi) is 5.13. The van der Waals surface area contributed by atoms with Crippen molar-refractivity contribution in [3.05, 3.63) is 48.0 Å². The molecule has 0 fully saturated rings. The molecular weight excluding hydrogens is 401 g/mol. The maximum atomic E-state index is 12.7. The molecule has 0 aliphatic rings. The van der Waals surface area contributed by atoms with Gasteiger partial charge in [-0.05, 0) is 54.7 Å². The topological polar surface area (TPSA) is 95.6 Å². The molecule has 0 saturated heterocycles. The van der Waals surface area contributed by atoms with Gasteiger partial charge in [-0.2, -0.15) is 18.4 Å². The van der Waals surface area contributed by atoms with E-state index in [1.807, 2.05) is 0 Å². The van der Waals surface area contributed by atoms with Crippen molar-refractivity contribution in [3.63, 3.8) is 0 Å². The van der Waals surface area contributed by atoms with Crippen LogP contribution < -0.4 is 10.0 Å². The van der Waals surface area contributed by atoms with E-state index in [0.717, 1.165) is 12.1 Å². The Hall–Kier alpha value is -2.57. The first-order valence-electron chi connectivity index (χ1n) is 7.46. The summed E-state index contributed by atoms with van der Waals surface area (Å²) in [5.74, 6) is 0.215. The summed E-state index contributed by atoms with van der Waals surface area (Å²) in [6.45, 7) is 0. The van der Waals surface area contributed by atoms with Gasteiger partial charge in [-0.3, -0.25) is 0 Å². The van der Waals surface area contributed by atoms with Crippen LogP contribution in [-0.4, -0.2) is 31.9 Å². The van der Waals surface area contributed by atoms with Crippen molar-refractivity contribution in [3.8, 4) is 11.4 Å². The maximum Gasteiger partial charge on any atom is 0.416 e. The highest BCUT2D eigenvalue weighted by Crippen LogP contribution is 2.33. The van der Waals surface area contributed by atoms with Gasteiger partial charge >= 0.3 is 6.18 Å². The molecule has 142 valence electrons. The van der Waals surface area contributed by atoms with Crippen molar-refractivity contribution in [2.45, 2.75) is 11.1 Å². The Balaban J connectivity index is 2.00. The van der Waals surface area contributed by atoms with Crippen LogP contribution in [0.1, 0.15) is 5.56 Å². The number of alkyl halides is 3. The highest BCUT2D eigenvalue weighted by molar-refractivity contribution is 8.31. The van der Waals surface area contributed by atoms with Crippen LogP contribution in [0.4, 0.5) is 24.5 Å². The molecule has 2 aromatic carbocycles. The largest absolute Gasteiger partial charge is 0.416 e. The van der Waals surface area contributed by atoms with E-state index in [2.05, 4.69) is 30.7 Å². The molecule has 0 amide bonds. The molecule has 0 aliphatic carbocycles. The summed E-state index contributed by atoms with van der Waals surface area (Å²) >= 11 is 5.05. The molecule has 0 aliphatic heterocycles. The highest BCUT2D eigenvalue weighted by Gasteiger charge is 2.30. The monoisotopic (exact) mass is 414 g/mol. The van der Waals surface area contributed by atoms with Gasteiger partial charge in [0.2, 0.25) is 5.82 Å². The molecule has 1 aromatic heterocycles. The number of aromatic amines is 1. The Morgan fingerprint density at radius 1 is 1.15 bits per heavy atom. The van der Waals surface area contributed by atoms with Crippen molar-refractivity contribution in [2.24, 2.45) is 0 Å². The molecule has 1 atom stereocenters. The number of nitrogens with one attached hydrogen (secondary N) is 3. The summed E-state index contributed by atoms with van der Waals surface area (Å²) < 4.78 is 53.1. The van der Waals surface area contributed by atoms with Gasteiger partial charge in [0, 0.05) is 28.1 Å². The molecule has 0 radical (unpaired) electrons. The quantitative estimate of drug-likeness (QED) is 0.594. The third kappa shape index (κ3) is 4.23. The molecule has 12 heteroatoms. The first kappa shape index (κ1) is 19.2. The lowest BCUT2D eigenvalue weighted by atomic mass is 10.1. The molecule has 0 saturated carbocycles. The van der Waals surface area contributed by atoms with Crippen molar-refractivity contribution in [1.29, 1.82) is 0 Å². The van der Waals surface area contributed by atoms with Crippen molar-refractivity contribution >= 4 is 31.2 Å². The minimum absolute atomic E-state index is 0.215. The van der Waals surface area contributed by atoms with E-state index in [-0.39, 0.29) is 5.82 Å². The minimum Gasteiger partial charge on any atom is -0.355 e. The Morgan fingerprint density at radius 3 is 2.41 bits per heavy atom. The molecule has 0 spiro atoms. The number of benzene rings is 2. The maximum absolute atomic E-state index is 12.7. The third-order valence-electron chi connectivity index (χ3n) is 3.65. The third-order valence-corrected chi connectivity index (χ3v) is 6.14. The van der Waals surface area contributed by atoms with E-state index in [0.29, 0.717) is 21.8 Å². The zero-order valence-electron chi connectivity index (χ0n) is 13.7. The van der Waals surface area contributed by atoms with Gasteiger partial charge < -0.3 is 5.32 Å². The van der Waals surface area contributed by atoms with Crippen LogP contribution in [0.3, 0.4) is 0 Å². The average Bonchev–Trinajstić information content (AvgIpc) is 3.16. The van der Waals surface area contributed by atoms with E-state index in [1.54, 1.807) is 18.2 Å². The molecule has 27 heavy (non-hydrogen) atoms.